The molecule has 0 spiro atoms. The summed E-state index contributed by atoms with van der Waals surface area (Å²) >= 11 is 0. The number of nitrogen functional groups attached to an aromatic ring is 1. The third kappa shape index (κ3) is 3.22. The summed E-state index contributed by atoms with van der Waals surface area (Å²) in [6.07, 6.45) is 3.80. The third-order valence-electron chi connectivity index (χ3n) is 2.00. The first-order chi connectivity index (χ1) is 7.69. The van der Waals surface area contributed by atoms with E-state index >= 15 is 0 Å². The molecule has 0 fully saturated rings. The van der Waals surface area contributed by atoms with Crippen LogP contribution in [0.1, 0.15) is 28.8 Å². The number of hydrazine groups is 1. The van der Waals surface area contributed by atoms with Crippen molar-refractivity contribution in [3.63, 3.8) is 0 Å². The number of hydrogen-bond donors (Lipinski definition) is 2. The van der Waals surface area contributed by atoms with Crippen LogP contribution in [0, 0.1) is 6.92 Å². The molecule has 16 heavy (non-hydrogen) atoms. The van der Waals surface area contributed by atoms with E-state index in [-0.39, 0.29) is 5.76 Å². The Morgan fingerprint density at radius 2 is 2.44 bits per heavy atom. The lowest BCUT2D eigenvalue weighted by Crippen LogP contribution is -2.30. The molecule has 88 valence electrons. The Labute approximate surface area is 94.2 Å². The van der Waals surface area contributed by atoms with Gasteiger partial charge in [-0.15, -0.1) is 0 Å². The van der Waals surface area contributed by atoms with Gasteiger partial charge in [0.05, 0.1) is 6.61 Å². The van der Waals surface area contributed by atoms with Crippen LogP contribution >= 0.6 is 0 Å². The molecule has 0 aliphatic heterocycles. The summed E-state index contributed by atoms with van der Waals surface area (Å²) in [4.78, 5) is 11.2. The van der Waals surface area contributed by atoms with E-state index in [1.807, 2.05) is 24.5 Å². The molecule has 5 nitrogen and oxygen atoms in total. The summed E-state index contributed by atoms with van der Waals surface area (Å²) in [5, 5.41) is 0. The standard InChI is InChI=1S/C11H16N2O3/c1-3-4-5-15-7-9-6-8(2)10(16-9)11(14)13-12/h3-4,6H,5,7,12H2,1-2H3,(H,13,14). The molecule has 3 N–H and O–H groups in total. The van der Waals surface area contributed by atoms with Gasteiger partial charge in [-0.2, -0.15) is 0 Å². The first-order valence-corrected chi connectivity index (χ1v) is 4.98. The second-order valence-corrected chi connectivity index (χ2v) is 3.28. The highest BCUT2D eigenvalue weighted by Gasteiger charge is 2.14. The van der Waals surface area contributed by atoms with Crippen molar-refractivity contribution in [3.05, 3.63) is 35.3 Å². The van der Waals surface area contributed by atoms with Gasteiger partial charge >= 0.3 is 5.91 Å². The first kappa shape index (κ1) is 12.5. The fourth-order valence-electron chi connectivity index (χ4n) is 1.23. The number of ether oxygens (including phenoxy) is 1. The molecule has 1 aromatic rings. The summed E-state index contributed by atoms with van der Waals surface area (Å²) in [7, 11) is 0. The maximum atomic E-state index is 11.2. The number of furan rings is 1. The molecule has 0 aliphatic carbocycles. The van der Waals surface area contributed by atoms with Crippen molar-refractivity contribution < 1.29 is 13.9 Å². The van der Waals surface area contributed by atoms with Gasteiger partial charge in [0.25, 0.3) is 0 Å². The molecule has 0 aliphatic rings. The van der Waals surface area contributed by atoms with Crippen LogP contribution in [0.4, 0.5) is 0 Å². The molecular formula is C11H16N2O3. The minimum Gasteiger partial charge on any atom is -0.453 e. The van der Waals surface area contributed by atoms with Crippen LogP contribution < -0.4 is 11.3 Å². The Morgan fingerprint density at radius 3 is 3.06 bits per heavy atom. The van der Waals surface area contributed by atoms with Crippen molar-refractivity contribution >= 4 is 5.91 Å². The van der Waals surface area contributed by atoms with Crippen LogP contribution in [0.25, 0.3) is 0 Å². The van der Waals surface area contributed by atoms with Crippen LogP contribution in [-0.4, -0.2) is 12.5 Å². The van der Waals surface area contributed by atoms with E-state index in [0.717, 1.165) is 5.56 Å². The maximum absolute atomic E-state index is 11.2. The van der Waals surface area contributed by atoms with E-state index in [9.17, 15) is 4.79 Å². The molecule has 0 unspecified atom stereocenters. The van der Waals surface area contributed by atoms with Gasteiger partial charge in [-0.1, -0.05) is 12.2 Å². The summed E-state index contributed by atoms with van der Waals surface area (Å²) < 4.78 is 10.6. The average molecular weight is 224 g/mol. The zero-order valence-corrected chi connectivity index (χ0v) is 9.45. The molecule has 5 heteroatoms. The quantitative estimate of drug-likeness (QED) is 0.260. The van der Waals surface area contributed by atoms with Crippen molar-refractivity contribution in [2.75, 3.05) is 6.61 Å². The second-order valence-electron chi connectivity index (χ2n) is 3.28. The first-order valence-electron chi connectivity index (χ1n) is 4.98. The average Bonchev–Trinajstić information content (AvgIpc) is 2.65. The summed E-state index contributed by atoms with van der Waals surface area (Å²) in [6, 6.07) is 1.76. The van der Waals surface area contributed by atoms with Crippen LogP contribution in [0.15, 0.2) is 22.6 Å². The van der Waals surface area contributed by atoms with Crippen molar-refractivity contribution in [3.8, 4) is 0 Å². The lowest BCUT2D eigenvalue weighted by molar-refractivity contribution is 0.0911. The molecule has 1 aromatic heterocycles. The fourth-order valence-corrected chi connectivity index (χ4v) is 1.23. The number of carbonyl (C=O) groups excluding carboxylic acids is 1. The minimum atomic E-state index is -0.433. The number of aryl methyl sites for hydroxylation is 1. The predicted molar refractivity (Wildman–Crippen MR) is 59.6 cm³/mol. The number of allylic oxidation sites excluding steroid dienone is 1. The molecule has 1 rings (SSSR count). The number of hydrogen-bond acceptors (Lipinski definition) is 4. The van der Waals surface area contributed by atoms with E-state index in [4.69, 9.17) is 15.0 Å². The second kappa shape index (κ2) is 6.09. The van der Waals surface area contributed by atoms with Gasteiger partial charge in [0, 0.05) is 5.56 Å². The lowest BCUT2D eigenvalue weighted by Gasteiger charge is -1.97. The van der Waals surface area contributed by atoms with E-state index in [0.29, 0.717) is 19.0 Å². The number of carbonyl (C=O) groups is 1. The van der Waals surface area contributed by atoms with E-state index in [1.165, 1.54) is 0 Å². The lowest BCUT2D eigenvalue weighted by atomic mass is 10.2. The molecule has 1 amide bonds. The molecule has 1 heterocycles. The Hall–Kier alpha value is -1.59. The summed E-state index contributed by atoms with van der Waals surface area (Å²) in [6.45, 7) is 4.56. The monoisotopic (exact) mass is 224 g/mol. The van der Waals surface area contributed by atoms with Crippen molar-refractivity contribution in [2.45, 2.75) is 20.5 Å². The van der Waals surface area contributed by atoms with Gasteiger partial charge in [-0.25, -0.2) is 5.84 Å². The number of amides is 1. The van der Waals surface area contributed by atoms with Crippen LogP contribution in [0.3, 0.4) is 0 Å². The van der Waals surface area contributed by atoms with Crippen molar-refractivity contribution in [1.29, 1.82) is 0 Å². The highest BCUT2D eigenvalue weighted by atomic mass is 16.5. The predicted octanol–water partition coefficient (Wildman–Crippen LogP) is 1.28. The van der Waals surface area contributed by atoms with E-state index in [1.54, 1.807) is 13.0 Å². The summed E-state index contributed by atoms with van der Waals surface area (Å²) in [5.41, 5.74) is 2.77. The normalized spacial score (nSPS) is 10.9. The topological polar surface area (TPSA) is 77.5 Å². The molecule has 0 saturated heterocycles. The third-order valence-corrected chi connectivity index (χ3v) is 2.00. The Kier molecular flexibility index (Phi) is 4.75. The summed E-state index contributed by atoms with van der Waals surface area (Å²) in [5.74, 6) is 5.43. The zero-order valence-electron chi connectivity index (χ0n) is 9.45. The van der Waals surface area contributed by atoms with E-state index < -0.39 is 5.91 Å². The van der Waals surface area contributed by atoms with Crippen molar-refractivity contribution in [1.82, 2.24) is 5.43 Å². The highest BCUT2D eigenvalue weighted by Crippen LogP contribution is 2.15. The van der Waals surface area contributed by atoms with Gasteiger partial charge in [0.15, 0.2) is 5.76 Å². The highest BCUT2D eigenvalue weighted by molar-refractivity contribution is 5.92. The van der Waals surface area contributed by atoms with Gasteiger partial charge in [-0.05, 0) is 19.9 Å². The molecule has 0 aromatic carbocycles. The SMILES string of the molecule is CC=CCOCc1cc(C)c(C(=O)NN)o1. The van der Waals surface area contributed by atoms with E-state index in [2.05, 4.69) is 0 Å². The maximum Gasteiger partial charge on any atom is 0.301 e. The largest absolute Gasteiger partial charge is 0.453 e. The van der Waals surface area contributed by atoms with Crippen LogP contribution in [0.2, 0.25) is 0 Å². The zero-order chi connectivity index (χ0) is 12.0. The van der Waals surface area contributed by atoms with Gasteiger partial charge < -0.3 is 9.15 Å². The van der Waals surface area contributed by atoms with Crippen LogP contribution in [-0.2, 0) is 11.3 Å². The fraction of sp³-hybridized carbons (Fsp3) is 0.364. The van der Waals surface area contributed by atoms with Crippen molar-refractivity contribution in [2.24, 2.45) is 5.84 Å². The van der Waals surface area contributed by atoms with Gasteiger partial charge in [-0.3, -0.25) is 10.2 Å². The molecule has 0 radical (unpaired) electrons. The Balaban J connectivity index is 2.59. The van der Waals surface area contributed by atoms with Gasteiger partial charge in [0.1, 0.15) is 12.4 Å². The Bertz CT molecular complexity index is 383. The number of nitrogens with two attached hydrogens (primary N) is 1. The molecule has 0 bridgehead atoms. The molecular weight excluding hydrogens is 208 g/mol. The number of nitrogens with one attached hydrogen (secondary N) is 1. The number of rotatable bonds is 5. The molecule has 0 atom stereocenters. The minimum absolute atomic E-state index is 0.229. The Morgan fingerprint density at radius 1 is 1.69 bits per heavy atom. The molecule has 0 saturated carbocycles. The smallest absolute Gasteiger partial charge is 0.301 e. The van der Waals surface area contributed by atoms with Crippen LogP contribution in [0.5, 0.6) is 0 Å². The van der Waals surface area contributed by atoms with Gasteiger partial charge in [0.2, 0.25) is 0 Å².